The zero-order chi connectivity index (χ0) is 21.0. The minimum absolute atomic E-state index is 0.00869. The Hall–Kier alpha value is -2.93. The first-order valence-electron chi connectivity index (χ1n) is 10.2. The summed E-state index contributed by atoms with van der Waals surface area (Å²) in [6.45, 7) is 5.19. The quantitative estimate of drug-likeness (QED) is 0.711. The van der Waals surface area contributed by atoms with Crippen LogP contribution in [0.4, 0.5) is 0 Å². The van der Waals surface area contributed by atoms with Gasteiger partial charge in [0, 0.05) is 19.7 Å². The molecule has 0 saturated carbocycles. The smallest absolute Gasteiger partial charge is 0.230 e. The van der Waals surface area contributed by atoms with Crippen LogP contribution < -0.4 is 0 Å². The van der Waals surface area contributed by atoms with Gasteiger partial charge in [0.05, 0.1) is 36.7 Å². The molecule has 4 heterocycles. The van der Waals surface area contributed by atoms with Crippen molar-refractivity contribution in [2.24, 2.45) is 11.8 Å². The number of hydrogen-bond acceptors (Lipinski definition) is 5. The number of fused-ring (bicyclic) bond motifs is 1. The molecule has 1 spiro atoms. The molecule has 7 heteroatoms. The number of likely N-dealkylation sites (tertiary alicyclic amines) is 1. The standard InChI is InChI=1S/C23H25N3O4/c1-14-5-4-6-16(9-14)11-26-13-23-8-7-18(29-23)19(20(23)22(26)28)21(27)25(3)12-17-10-15(2)24-30-17/h4-10,18-20H,11-13H2,1-3H3/t18-,19-,20-,23-/m0/s1. The number of ether oxygens (including phenoxy) is 1. The zero-order valence-corrected chi connectivity index (χ0v) is 17.4. The Morgan fingerprint density at radius 2 is 2.17 bits per heavy atom. The van der Waals surface area contributed by atoms with Crippen LogP contribution in [0.2, 0.25) is 0 Å². The second kappa shape index (κ2) is 6.80. The Kier molecular flexibility index (Phi) is 4.32. The van der Waals surface area contributed by atoms with Crippen LogP contribution in [-0.4, -0.2) is 52.1 Å². The first-order valence-corrected chi connectivity index (χ1v) is 10.2. The molecule has 2 aromatic rings. The Balaban J connectivity index is 1.36. The lowest BCUT2D eigenvalue weighted by atomic mass is 9.76. The molecule has 0 radical (unpaired) electrons. The van der Waals surface area contributed by atoms with Gasteiger partial charge >= 0.3 is 0 Å². The number of carbonyl (C=O) groups is 2. The number of benzene rings is 1. The first kappa shape index (κ1) is 19.1. The minimum atomic E-state index is -0.699. The Morgan fingerprint density at radius 3 is 2.90 bits per heavy atom. The van der Waals surface area contributed by atoms with Crippen molar-refractivity contribution < 1.29 is 18.8 Å². The fourth-order valence-corrected chi connectivity index (χ4v) is 5.08. The van der Waals surface area contributed by atoms with Crippen molar-refractivity contribution in [3.05, 3.63) is 65.1 Å². The van der Waals surface area contributed by atoms with Gasteiger partial charge in [-0.1, -0.05) is 47.1 Å². The maximum Gasteiger partial charge on any atom is 0.230 e. The molecule has 7 nitrogen and oxygen atoms in total. The van der Waals surface area contributed by atoms with Gasteiger partial charge in [-0.3, -0.25) is 9.59 Å². The number of carbonyl (C=O) groups excluding carboxylic acids is 2. The van der Waals surface area contributed by atoms with Crippen molar-refractivity contribution in [1.29, 1.82) is 0 Å². The van der Waals surface area contributed by atoms with Gasteiger partial charge in [0.25, 0.3) is 0 Å². The number of amides is 2. The van der Waals surface area contributed by atoms with Crippen LogP contribution >= 0.6 is 0 Å². The van der Waals surface area contributed by atoms with Crippen molar-refractivity contribution in [2.75, 3.05) is 13.6 Å². The molecule has 1 aromatic carbocycles. The maximum absolute atomic E-state index is 13.4. The van der Waals surface area contributed by atoms with Gasteiger partial charge in [0.1, 0.15) is 5.60 Å². The molecule has 2 amide bonds. The third kappa shape index (κ3) is 2.96. The second-order valence-corrected chi connectivity index (χ2v) is 8.71. The van der Waals surface area contributed by atoms with E-state index >= 15 is 0 Å². The highest BCUT2D eigenvalue weighted by Crippen LogP contribution is 2.52. The topological polar surface area (TPSA) is 75.9 Å². The SMILES string of the molecule is Cc1cccc(CN2C[C@]34C=C[C@H](O3)[C@H](C(=O)N(C)Cc3cc(C)no3)[C@H]4C2=O)c1. The monoisotopic (exact) mass is 407 g/mol. The predicted octanol–water partition coefficient (Wildman–Crippen LogP) is 2.23. The highest BCUT2D eigenvalue weighted by Gasteiger charge is 2.67. The lowest BCUT2D eigenvalue weighted by molar-refractivity contribution is -0.143. The third-order valence-corrected chi connectivity index (χ3v) is 6.37. The lowest BCUT2D eigenvalue weighted by Crippen LogP contribution is -2.44. The van der Waals surface area contributed by atoms with Crippen molar-refractivity contribution in [1.82, 2.24) is 15.0 Å². The number of aromatic nitrogens is 1. The summed E-state index contributed by atoms with van der Waals surface area (Å²) in [6.07, 6.45) is 3.57. The summed E-state index contributed by atoms with van der Waals surface area (Å²) in [5.41, 5.74) is 2.31. The number of rotatable bonds is 5. The van der Waals surface area contributed by atoms with Crippen LogP contribution in [-0.2, 0) is 27.4 Å². The van der Waals surface area contributed by atoms with E-state index in [-0.39, 0.29) is 17.9 Å². The van der Waals surface area contributed by atoms with Gasteiger partial charge in [-0.2, -0.15) is 0 Å². The van der Waals surface area contributed by atoms with Crippen molar-refractivity contribution in [2.45, 2.75) is 38.6 Å². The zero-order valence-electron chi connectivity index (χ0n) is 17.4. The molecular weight excluding hydrogens is 382 g/mol. The highest BCUT2D eigenvalue weighted by molar-refractivity contribution is 5.93. The fourth-order valence-electron chi connectivity index (χ4n) is 5.08. The summed E-state index contributed by atoms with van der Waals surface area (Å²) in [5, 5.41) is 3.88. The lowest BCUT2D eigenvalue weighted by Gasteiger charge is -2.27. The molecule has 1 aromatic heterocycles. The van der Waals surface area contributed by atoms with E-state index in [2.05, 4.69) is 11.2 Å². The van der Waals surface area contributed by atoms with E-state index in [4.69, 9.17) is 9.26 Å². The Bertz CT molecular complexity index is 1040. The second-order valence-electron chi connectivity index (χ2n) is 8.71. The van der Waals surface area contributed by atoms with E-state index < -0.39 is 17.4 Å². The highest BCUT2D eigenvalue weighted by atomic mass is 16.5. The van der Waals surface area contributed by atoms with Gasteiger partial charge < -0.3 is 19.1 Å². The van der Waals surface area contributed by atoms with E-state index in [1.807, 2.05) is 55.2 Å². The molecule has 3 aliphatic heterocycles. The molecular formula is C23H25N3O4. The van der Waals surface area contributed by atoms with Crippen molar-refractivity contribution in [3.8, 4) is 0 Å². The van der Waals surface area contributed by atoms with Crippen LogP contribution in [0.25, 0.3) is 0 Å². The van der Waals surface area contributed by atoms with Crippen LogP contribution in [0.5, 0.6) is 0 Å². The van der Waals surface area contributed by atoms with Crippen LogP contribution in [0.3, 0.4) is 0 Å². The summed E-state index contributed by atoms with van der Waals surface area (Å²) in [4.78, 5) is 30.1. The Morgan fingerprint density at radius 1 is 1.33 bits per heavy atom. The molecule has 2 saturated heterocycles. The van der Waals surface area contributed by atoms with Crippen LogP contribution in [0.1, 0.15) is 22.6 Å². The van der Waals surface area contributed by atoms with E-state index in [1.54, 1.807) is 11.9 Å². The average molecular weight is 407 g/mol. The van der Waals surface area contributed by atoms with E-state index in [1.165, 1.54) is 0 Å². The van der Waals surface area contributed by atoms with Gasteiger partial charge in [0.2, 0.25) is 11.8 Å². The Labute approximate surface area is 175 Å². The summed E-state index contributed by atoms with van der Waals surface area (Å²) >= 11 is 0. The van der Waals surface area contributed by atoms with Gasteiger partial charge in [-0.25, -0.2) is 0 Å². The molecule has 3 aliphatic rings. The van der Waals surface area contributed by atoms with E-state index in [0.29, 0.717) is 25.4 Å². The molecule has 2 bridgehead atoms. The number of nitrogens with zero attached hydrogens (tertiary/aromatic N) is 3. The fraction of sp³-hybridized carbons (Fsp3) is 0.435. The summed E-state index contributed by atoms with van der Waals surface area (Å²) in [6, 6.07) is 9.96. The predicted molar refractivity (Wildman–Crippen MR) is 108 cm³/mol. The summed E-state index contributed by atoms with van der Waals surface area (Å²) in [7, 11) is 1.73. The maximum atomic E-state index is 13.4. The van der Waals surface area contributed by atoms with E-state index in [0.717, 1.165) is 16.8 Å². The van der Waals surface area contributed by atoms with Crippen molar-refractivity contribution in [3.63, 3.8) is 0 Å². The van der Waals surface area contributed by atoms with Crippen molar-refractivity contribution >= 4 is 11.8 Å². The summed E-state index contributed by atoms with van der Waals surface area (Å²) in [5.74, 6) is -0.485. The van der Waals surface area contributed by atoms with E-state index in [9.17, 15) is 9.59 Å². The molecule has 0 N–H and O–H groups in total. The molecule has 0 aliphatic carbocycles. The first-order chi connectivity index (χ1) is 14.4. The average Bonchev–Trinajstić information content (AvgIpc) is 3.44. The third-order valence-electron chi connectivity index (χ3n) is 6.37. The molecule has 30 heavy (non-hydrogen) atoms. The minimum Gasteiger partial charge on any atom is -0.360 e. The van der Waals surface area contributed by atoms with Crippen LogP contribution in [0, 0.1) is 25.7 Å². The largest absolute Gasteiger partial charge is 0.360 e. The van der Waals surface area contributed by atoms with Gasteiger partial charge in [-0.05, 0) is 19.4 Å². The molecule has 156 valence electrons. The normalized spacial score (nSPS) is 29.0. The molecule has 5 rings (SSSR count). The molecule has 2 fully saturated rings. The number of hydrogen-bond donors (Lipinski definition) is 0. The number of aryl methyl sites for hydroxylation is 2. The van der Waals surface area contributed by atoms with Crippen LogP contribution in [0.15, 0.2) is 47.0 Å². The molecule has 0 unspecified atom stereocenters. The van der Waals surface area contributed by atoms with Gasteiger partial charge in [0.15, 0.2) is 5.76 Å². The molecule has 4 atom stereocenters. The summed E-state index contributed by atoms with van der Waals surface area (Å²) < 4.78 is 11.5. The van der Waals surface area contributed by atoms with Gasteiger partial charge in [-0.15, -0.1) is 0 Å².